The normalized spacial score (nSPS) is 12.8. The van der Waals surface area contributed by atoms with Gasteiger partial charge in [-0.15, -0.1) is 0 Å². The van der Waals surface area contributed by atoms with Crippen molar-refractivity contribution in [2.45, 2.75) is 26.4 Å². The summed E-state index contributed by atoms with van der Waals surface area (Å²) in [6.07, 6.45) is 0. The number of para-hydroxylation sites is 2. The summed E-state index contributed by atoms with van der Waals surface area (Å²) in [5, 5.41) is 5.70. The van der Waals surface area contributed by atoms with E-state index in [9.17, 15) is 0 Å². The van der Waals surface area contributed by atoms with Gasteiger partial charge in [-0.2, -0.15) is 0 Å². The predicted octanol–water partition coefficient (Wildman–Crippen LogP) is 5.35. The molecule has 4 rings (SSSR count). The molecular formula is C21H21NO3. The Morgan fingerprint density at radius 1 is 1.08 bits per heavy atom. The van der Waals surface area contributed by atoms with Gasteiger partial charge in [-0.1, -0.05) is 30.3 Å². The lowest BCUT2D eigenvalue weighted by atomic mass is 10.1. The van der Waals surface area contributed by atoms with Crippen LogP contribution in [-0.2, 0) is 6.54 Å². The van der Waals surface area contributed by atoms with E-state index in [1.165, 1.54) is 10.9 Å². The Morgan fingerprint density at radius 2 is 1.92 bits per heavy atom. The maximum Gasteiger partial charge on any atom is 0.176 e. The molecule has 0 aliphatic heterocycles. The second-order valence-corrected chi connectivity index (χ2v) is 6.28. The molecule has 4 aromatic rings. The number of hydrogen-bond donors (Lipinski definition) is 1. The Labute approximate surface area is 146 Å². The van der Waals surface area contributed by atoms with Gasteiger partial charge in [0.25, 0.3) is 0 Å². The first-order chi connectivity index (χ1) is 12.2. The highest BCUT2D eigenvalue weighted by molar-refractivity contribution is 5.84. The maximum atomic E-state index is 6.03. The maximum absolute atomic E-state index is 6.03. The number of aryl methyl sites for hydroxylation is 1. The van der Waals surface area contributed by atoms with Gasteiger partial charge in [0.15, 0.2) is 11.3 Å². The van der Waals surface area contributed by atoms with E-state index < -0.39 is 0 Å². The molecule has 0 fully saturated rings. The van der Waals surface area contributed by atoms with E-state index in [1.54, 1.807) is 7.11 Å². The third-order valence-corrected chi connectivity index (χ3v) is 4.64. The minimum atomic E-state index is 0.0857. The van der Waals surface area contributed by atoms with Crippen LogP contribution in [0.15, 0.2) is 57.4 Å². The summed E-state index contributed by atoms with van der Waals surface area (Å²) in [6.45, 7) is 4.83. The topological polar surface area (TPSA) is 47.5 Å². The fourth-order valence-corrected chi connectivity index (χ4v) is 3.29. The molecule has 1 N–H and O–H groups in total. The summed E-state index contributed by atoms with van der Waals surface area (Å²) in [6, 6.07) is 16.2. The summed E-state index contributed by atoms with van der Waals surface area (Å²) >= 11 is 0. The van der Waals surface area contributed by atoms with Crippen LogP contribution in [0.3, 0.4) is 0 Å². The zero-order chi connectivity index (χ0) is 17.4. The van der Waals surface area contributed by atoms with E-state index >= 15 is 0 Å². The molecule has 4 nitrogen and oxygen atoms in total. The summed E-state index contributed by atoms with van der Waals surface area (Å²) in [5.41, 5.74) is 2.90. The Bertz CT molecular complexity index is 1030. The third kappa shape index (κ3) is 2.79. The molecule has 0 aliphatic carbocycles. The van der Waals surface area contributed by atoms with Crippen molar-refractivity contribution in [1.29, 1.82) is 0 Å². The van der Waals surface area contributed by atoms with Crippen LogP contribution < -0.4 is 10.1 Å². The monoisotopic (exact) mass is 335 g/mol. The molecule has 1 atom stereocenters. The number of methoxy groups -OCH3 is 1. The molecule has 1 unspecified atom stereocenters. The number of ether oxygens (including phenoxy) is 1. The molecule has 2 heterocycles. The number of rotatable bonds is 5. The Kier molecular flexibility index (Phi) is 3.98. The second kappa shape index (κ2) is 6.30. The molecule has 25 heavy (non-hydrogen) atoms. The molecule has 0 radical (unpaired) electrons. The van der Waals surface area contributed by atoms with E-state index in [2.05, 4.69) is 25.2 Å². The summed E-state index contributed by atoms with van der Waals surface area (Å²) in [4.78, 5) is 0. The van der Waals surface area contributed by atoms with Crippen molar-refractivity contribution in [1.82, 2.24) is 5.32 Å². The number of fused-ring (bicyclic) bond motifs is 2. The number of benzene rings is 2. The SMILES string of the molecule is COc1cccc2cc(CNC(C)c3oc4ccccc4c3C)oc12. The quantitative estimate of drug-likeness (QED) is 0.534. The van der Waals surface area contributed by atoms with Crippen molar-refractivity contribution in [3.05, 3.63) is 65.6 Å². The van der Waals surface area contributed by atoms with E-state index in [4.69, 9.17) is 13.6 Å². The third-order valence-electron chi connectivity index (χ3n) is 4.64. The lowest BCUT2D eigenvalue weighted by Crippen LogP contribution is -2.17. The number of furan rings is 2. The smallest absolute Gasteiger partial charge is 0.176 e. The predicted molar refractivity (Wildman–Crippen MR) is 99.0 cm³/mol. The number of nitrogens with one attached hydrogen (secondary N) is 1. The van der Waals surface area contributed by atoms with Crippen molar-refractivity contribution in [3.8, 4) is 5.75 Å². The molecule has 0 bridgehead atoms. The Morgan fingerprint density at radius 3 is 2.72 bits per heavy atom. The van der Waals surface area contributed by atoms with Crippen LogP contribution in [0.4, 0.5) is 0 Å². The Hall–Kier alpha value is -2.72. The van der Waals surface area contributed by atoms with Crippen molar-refractivity contribution in [2.75, 3.05) is 7.11 Å². The van der Waals surface area contributed by atoms with E-state index in [1.807, 2.05) is 42.5 Å². The highest BCUT2D eigenvalue weighted by Gasteiger charge is 2.17. The Balaban J connectivity index is 1.55. The van der Waals surface area contributed by atoms with Gasteiger partial charge in [-0.3, -0.25) is 0 Å². The van der Waals surface area contributed by atoms with Crippen LogP contribution in [0.5, 0.6) is 5.75 Å². The molecule has 0 saturated heterocycles. The minimum Gasteiger partial charge on any atom is -0.493 e. The molecule has 128 valence electrons. The molecule has 0 aliphatic rings. The molecule has 2 aromatic heterocycles. The fraction of sp³-hybridized carbons (Fsp3) is 0.238. The van der Waals surface area contributed by atoms with Crippen LogP contribution in [0.25, 0.3) is 21.9 Å². The zero-order valence-corrected chi connectivity index (χ0v) is 14.6. The molecule has 0 saturated carbocycles. The molecule has 2 aromatic carbocycles. The van der Waals surface area contributed by atoms with Crippen LogP contribution in [0.2, 0.25) is 0 Å². The first-order valence-corrected chi connectivity index (χ1v) is 8.44. The van der Waals surface area contributed by atoms with Crippen LogP contribution in [0.1, 0.15) is 30.0 Å². The van der Waals surface area contributed by atoms with Gasteiger partial charge in [0, 0.05) is 10.8 Å². The van der Waals surface area contributed by atoms with Gasteiger partial charge >= 0.3 is 0 Å². The number of hydrogen-bond acceptors (Lipinski definition) is 4. The molecule has 0 spiro atoms. The van der Waals surface area contributed by atoms with Gasteiger partial charge in [-0.05, 0) is 37.6 Å². The first kappa shape index (κ1) is 15.8. The van der Waals surface area contributed by atoms with Crippen LogP contribution >= 0.6 is 0 Å². The molecule has 4 heteroatoms. The summed E-state index contributed by atoms with van der Waals surface area (Å²) in [7, 11) is 1.65. The average molecular weight is 335 g/mol. The van der Waals surface area contributed by atoms with Gasteiger partial charge in [0.05, 0.1) is 19.7 Å². The highest BCUT2D eigenvalue weighted by Crippen LogP contribution is 2.31. The molecule has 0 amide bonds. The van der Waals surface area contributed by atoms with Crippen molar-refractivity contribution >= 4 is 21.9 Å². The van der Waals surface area contributed by atoms with Crippen molar-refractivity contribution in [2.24, 2.45) is 0 Å². The zero-order valence-electron chi connectivity index (χ0n) is 14.6. The first-order valence-electron chi connectivity index (χ1n) is 8.44. The van der Waals surface area contributed by atoms with Gasteiger partial charge in [-0.25, -0.2) is 0 Å². The van der Waals surface area contributed by atoms with E-state index in [-0.39, 0.29) is 6.04 Å². The van der Waals surface area contributed by atoms with Gasteiger partial charge < -0.3 is 18.9 Å². The minimum absolute atomic E-state index is 0.0857. The highest BCUT2D eigenvalue weighted by atomic mass is 16.5. The van der Waals surface area contributed by atoms with Crippen LogP contribution in [0, 0.1) is 6.92 Å². The average Bonchev–Trinajstić information content (AvgIpc) is 3.21. The second-order valence-electron chi connectivity index (χ2n) is 6.28. The lowest BCUT2D eigenvalue weighted by molar-refractivity contribution is 0.400. The summed E-state index contributed by atoms with van der Waals surface area (Å²) in [5.74, 6) is 2.60. The largest absolute Gasteiger partial charge is 0.493 e. The van der Waals surface area contributed by atoms with E-state index in [0.29, 0.717) is 6.54 Å². The van der Waals surface area contributed by atoms with E-state index in [0.717, 1.165) is 33.8 Å². The van der Waals surface area contributed by atoms with Gasteiger partial charge in [0.1, 0.15) is 17.1 Å². The lowest BCUT2D eigenvalue weighted by Gasteiger charge is -2.11. The van der Waals surface area contributed by atoms with Gasteiger partial charge in [0.2, 0.25) is 0 Å². The fourth-order valence-electron chi connectivity index (χ4n) is 3.29. The van der Waals surface area contributed by atoms with Crippen LogP contribution in [-0.4, -0.2) is 7.11 Å². The van der Waals surface area contributed by atoms with Crippen molar-refractivity contribution in [3.63, 3.8) is 0 Å². The standard InChI is InChI=1S/C21H21NO3/c1-13-17-8-4-5-9-18(17)25-20(13)14(2)22-12-16-11-15-7-6-10-19(23-3)21(15)24-16/h4-11,14,22H,12H2,1-3H3. The summed E-state index contributed by atoms with van der Waals surface area (Å²) < 4.78 is 17.3. The molecular weight excluding hydrogens is 314 g/mol. The van der Waals surface area contributed by atoms with Crippen molar-refractivity contribution < 1.29 is 13.6 Å².